The Balaban J connectivity index is 3.26. The van der Waals surface area contributed by atoms with Crippen LogP contribution in [-0.2, 0) is 0 Å². The van der Waals surface area contributed by atoms with Crippen molar-refractivity contribution in [1.82, 2.24) is 5.32 Å². The minimum Gasteiger partial charge on any atom is -0.317 e. The van der Waals surface area contributed by atoms with Crippen LogP contribution >= 0.6 is 0 Å². The van der Waals surface area contributed by atoms with Gasteiger partial charge in [0.15, 0.2) is 0 Å². The Bertz CT molecular complexity index is 131. The summed E-state index contributed by atoms with van der Waals surface area (Å²) in [5, 5.41) is 3.39. The van der Waals surface area contributed by atoms with Gasteiger partial charge in [0.2, 0.25) is 0 Å². The van der Waals surface area contributed by atoms with Crippen molar-refractivity contribution in [3.63, 3.8) is 0 Å². The van der Waals surface area contributed by atoms with Crippen molar-refractivity contribution in [2.75, 3.05) is 7.05 Å². The first-order chi connectivity index (χ1) is 7.35. The zero-order valence-electron chi connectivity index (χ0n) is 10.7. The molecule has 0 aromatic rings. The van der Waals surface area contributed by atoms with Gasteiger partial charge in [-0.3, -0.25) is 0 Å². The molecule has 0 heterocycles. The van der Waals surface area contributed by atoms with Gasteiger partial charge in [-0.05, 0) is 26.3 Å². The first kappa shape index (κ1) is 14.7. The maximum absolute atomic E-state index is 3.77. The summed E-state index contributed by atoms with van der Waals surface area (Å²) < 4.78 is 0. The first-order valence-corrected chi connectivity index (χ1v) is 6.63. The average molecular weight is 211 g/mol. The molecule has 0 rings (SSSR count). The fraction of sp³-hybridized carbons (Fsp3) is 0.857. The second-order valence-corrected chi connectivity index (χ2v) is 4.41. The van der Waals surface area contributed by atoms with Crippen molar-refractivity contribution >= 4 is 0 Å². The van der Waals surface area contributed by atoms with Crippen LogP contribution in [0.2, 0.25) is 0 Å². The molecule has 0 spiro atoms. The molecule has 0 aliphatic rings. The lowest BCUT2D eigenvalue weighted by atomic mass is 10.0. The molecule has 0 saturated heterocycles. The predicted molar refractivity (Wildman–Crippen MR) is 70.3 cm³/mol. The molecule has 1 atom stereocenters. The highest BCUT2D eigenvalue weighted by Crippen LogP contribution is 2.11. The molecule has 0 aliphatic heterocycles. The molecule has 15 heavy (non-hydrogen) atoms. The Morgan fingerprint density at radius 2 is 1.73 bits per heavy atom. The van der Waals surface area contributed by atoms with Gasteiger partial charge in [-0.2, -0.15) is 0 Å². The lowest BCUT2D eigenvalue weighted by Crippen LogP contribution is -2.24. The van der Waals surface area contributed by atoms with Crippen LogP contribution in [0.5, 0.6) is 0 Å². The maximum Gasteiger partial charge on any atom is 0.00670 e. The summed E-state index contributed by atoms with van der Waals surface area (Å²) in [6.07, 6.45) is 14.1. The normalized spacial score (nSPS) is 12.7. The van der Waals surface area contributed by atoms with Gasteiger partial charge in [0.25, 0.3) is 0 Å². The van der Waals surface area contributed by atoms with E-state index in [-0.39, 0.29) is 0 Å². The van der Waals surface area contributed by atoms with Gasteiger partial charge in [-0.15, -0.1) is 6.58 Å². The van der Waals surface area contributed by atoms with Gasteiger partial charge in [0, 0.05) is 6.04 Å². The third kappa shape index (κ3) is 9.99. The van der Waals surface area contributed by atoms with E-state index in [1.807, 2.05) is 6.08 Å². The fourth-order valence-corrected chi connectivity index (χ4v) is 1.92. The van der Waals surface area contributed by atoms with E-state index in [1.54, 1.807) is 0 Å². The molecule has 1 nitrogen and oxygen atoms in total. The Kier molecular flexibility index (Phi) is 11.5. The molecule has 1 N–H and O–H groups in total. The van der Waals surface area contributed by atoms with Gasteiger partial charge in [0.05, 0.1) is 0 Å². The van der Waals surface area contributed by atoms with Crippen molar-refractivity contribution in [3.8, 4) is 0 Å². The molecular formula is C14H29N. The Morgan fingerprint density at radius 3 is 2.33 bits per heavy atom. The van der Waals surface area contributed by atoms with Crippen molar-refractivity contribution in [2.45, 2.75) is 70.8 Å². The summed E-state index contributed by atoms with van der Waals surface area (Å²) in [4.78, 5) is 0. The van der Waals surface area contributed by atoms with E-state index in [9.17, 15) is 0 Å². The number of unbranched alkanes of at least 4 members (excludes halogenated alkanes) is 5. The number of hydrogen-bond donors (Lipinski definition) is 1. The van der Waals surface area contributed by atoms with Crippen LogP contribution in [0.25, 0.3) is 0 Å². The van der Waals surface area contributed by atoms with Crippen LogP contribution in [0.1, 0.15) is 64.7 Å². The maximum atomic E-state index is 3.77. The second kappa shape index (κ2) is 11.8. The minimum atomic E-state index is 0.703. The highest BCUT2D eigenvalue weighted by molar-refractivity contribution is 4.72. The molecule has 1 heteroatoms. The molecule has 0 fully saturated rings. The van der Waals surface area contributed by atoms with Crippen LogP contribution in [0.4, 0.5) is 0 Å². The van der Waals surface area contributed by atoms with Gasteiger partial charge >= 0.3 is 0 Å². The van der Waals surface area contributed by atoms with E-state index >= 15 is 0 Å². The summed E-state index contributed by atoms with van der Waals surface area (Å²) in [5.41, 5.74) is 0. The molecule has 0 amide bonds. The topological polar surface area (TPSA) is 12.0 Å². The van der Waals surface area contributed by atoms with E-state index in [1.165, 1.54) is 51.4 Å². The molecule has 0 saturated carbocycles. The van der Waals surface area contributed by atoms with E-state index < -0.39 is 0 Å². The predicted octanol–water partition coefficient (Wildman–Crippen LogP) is 4.29. The largest absolute Gasteiger partial charge is 0.317 e. The summed E-state index contributed by atoms with van der Waals surface area (Å²) >= 11 is 0. The molecule has 90 valence electrons. The molecule has 1 unspecified atom stereocenters. The van der Waals surface area contributed by atoms with Crippen molar-refractivity contribution in [1.29, 1.82) is 0 Å². The van der Waals surface area contributed by atoms with E-state index in [4.69, 9.17) is 0 Å². The number of nitrogens with one attached hydrogen (secondary N) is 1. The summed E-state index contributed by atoms with van der Waals surface area (Å²) in [7, 11) is 2.07. The lowest BCUT2D eigenvalue weighted by Gasteiger charge is -2.14. The van der Waals surface area contributed by atoms with Crippen molar-refractivity contribution in [3.05, 3.63) is 12.7 Å². The van der Waals surface area contributed by atoms with Crippen LogP contribution in [0.3, 0.4) is 0 Å². The molecule has 0 aromatic heterocycles. The molecule has 0 aromatic carbocycles. The third-order valence-electron chi connectivity index (χ3n) is 3.03. The van der Waals surface area contributed by atoms with Gasteiger partial charge < -0.3 is 5.32 Å². The molecule has 0 radical (unpaired) electrons. The number of rotatable bonds is 11. The SMILES string of the molecule is C=CCCC(CCCCCCCC)NC. The van der Waals surface area contributed by atoms with Gasteiger partial charge in [-0.25, -0.2) is 0 Å². The monoisotopic (exact) mass is 211 g/mol. The summed E-state index contributed by atoms with van der Waals surface area (Å²) in [6.45, 7) is 6.04. The molecule has 0 aliphatic carbocycles. The van der Waals surface area contributed by atoms with E-state index in [0.717, 1.165) is 6.42 Å². The smallest absolute Gasteiger partial charge is 0.00670 e. The standard InChI is InChI=1S/C14H29N/c1-4-6-8-9-10-11-13-14(15-3)12-7-5-2/h5,14-15H,2,4,6-13H2,1,3H3. The first-order valence-electron chi connectivity index (χ1n) is 6.63. The number of allylic oxidation sites excluding steroid dienone is 1. The zero-order valence-corrected chi connectivity index (χ0v) is 10.7. The number of hydrogen-bond acceptors (Lipinski definition) is 1. The van der Waals surface area contributed by atoms with Crippen molar-refractivity contribution in [2.24, 2.45) is 0 Å². The second-order valence-electron chi connectivity index (χ2n) is 4.41. The Morgan fingerprint density at radius 1 is 1.07 bits per heavy atom. The molecule has 0 bridgehead atoms. The lowest BCUT2D eigenvalue weighted by molar-refractivity contribution is 0.460. The Labute approximate surface area is 96.3 Å². The van der Waals surface area contributed by atoms with Crippen LogP contribution < -0.4 is 5.32 Å². The van der Waals surface area contributed by atoms with Gasteiger partial charge in [0.1, 0.15) is 0 Å². The van der Waals surface area contributed by atoms with Crippen LogP contribution in [0, 0.1) is 0 Å². The quantitative estimate of drug-likeness (QED) is 0.397. The van der Waals surface area contributed by atoms with E-state index in [0.29, 0.717) is 6.04 Å². The highest BCUT2D eigenvalue weighted by atomic mass is 14.9. The minimum absolute atomic E-state index is 0.703. The zero-order chi connectivity index (χ0) is 11.4. The fourth-order valence-electron chi connectivity index (χ4n) is 1.92. The van der Waals surface area contributed by atoms with E-state index in [2.05, 4.69) is 25.9 Å². The Hall–Kier alpha value is -0.300. The third-order valence-corrected chi connectivity index (χ3v) is 3.03. The average Bonchev–Trinajstić information content (AvgIpc) is 2.27. The van der Waals surface area contributed by atoms with Crippen LogP contribution in [-0.4, -0.2) is 13.1 Å². The summed E-state index contributed by atoms with van der Waals surface area (Å²) in [5.74, 6) is 0. The highest BCUT2D eigenvalue weighted by Gasteiger charge is 2.03. The summed E-state index contributed by atoms with van der Waals surface area (Å²) in [6, 6.07) is 0.703. The van der Waals surface area contributed by atoms with Crippen molar-refractivity contribution < 1.29 is 0 Å². The molecular weight excluding hydrogens is 182 g/mol. The van der Waals surface area contributed by atoms with Gasteiger partial charge in [-0.1, -0.05) is 51.5 Å². The van der Waals surface area contributed by atoms with Crippen LogP contribution in [0.15, 0.2) is 12.7 Å².